The fourth-order valence-electron chi connectivity index (χ4n) is 2.89. The van der Waals surface area contributed by atoms with E-state index in [2.05, 4.69) is 0 Å². The normalized spacial score (nSPS) is 17.9. The van der Waals surface area contributed by atoms with Crippen LogP contribution in [0.25, 0.3) is 0 Å². The monoisotopic (exact) mass is 301 g/mol. The molecule has 21 heavy (non-hydrogen) atoms. The van der Waals surface area contributed by atoms with Gasteiger partial charge in [0, 0.05) is 6.04 Å². The van der Waals surface area contributed by atoms with Crippen molar-refractivity contribution in [3.8, 4) is 0 Å². The fraction of sp³-hybridized carbons (Fsp3) is 0.294. The van der Waals surface area contributed by atoms with Gasteiger partial charge in [0.25, 0.3) is 10.0 Å². The van der Waals surface area contributed by atoms with Crippen molar-refractivity contribution >= 4 is 15.7 Å². The van der Waals surface area contributed by atoms with Crippen LogP contribution in [0.3, 0.4) is 0 Å². The second-order valence-electron chi connectivity index (χ2n) is 5.73. The zero-order valence-corrected chi connectivity index (χ0v) is 13.3. The maximum Gasteiger partial charge on any atom is 0.264 e. The summed E-state index contributed by atoms with van der Waals surface area (Å²) in [5, 5.41) is 0. The Morgan fingerprint density at radius 2 is 1.76 bits per heavy atom. The topological polar surface area (TPSA) is 37.4 Å². The van der Waals surface area contributed by atoms with E-state index in [1.807, 2.05) is 51.1 Å². The summed E-state index contributed by atoms with van der Waals surface area (Å²) < 4.78 is 27.6. The fourth-order valence-corrected chi connectivity index (χ4v) is 4.67. The van der Waals surface area contributed by atoms with Crippen LogP contribution in [-0.4, -0.2) is 14.5 Å². The van der Waals surface area contributed by atoms with Gasteiger partial charge in [-0.3, -0.25) is 4.31 Å². The van der Waals surface area contributed by atoms with E-state index in [1.165, 1.54) is 0 Å². The van der Waals surface area contributed by atoms with Crippen molar-refractivity contribution in [2.24, 2.45) is 0 Å². The molecule has 0 bridgehead atoms. The van der Waals surface area contributed by atoms with Crippen LogP contribution >= 0.6 is 0 Å². The largest absolute Gasteiger partial charge is 0.264 e. The standard InChI is InChI=1S/C17H19NO2S/c1-12-8-9-16(10-13(12)2)21(19,20)18-14(3)11-15-6-4-5-7-17(15)18/h4-10,14H,11H2,1-3H3. The van der Waals surface area contributed by atoms with Crippen LogP contribution in [-0.2, 0) is 16.4 Å². The summed E-state index contributed by atoms with van der Waals surface area (Å²) in [5.74, 6) is 0. The van der Waals surface area contributed by atoms with Crippen molar-refractivity contribution in [1.29, 1.82) is 0 Å². The summed E-state index contributed by atoms with van der Waals surface area (Å²) in [6.45, 7) is 5.88. The summed E-state index contributed by atoms with van der Waals surface area (Å²) in [6, 6.07) is 13.0. The Labute approximate surface area is 126 Å². The van der Waals surface area contributed by atoms with Crippen LogP contribution in [0.4, 0.5) is 5.69 Å². The second kappa shape index (κ2) is 4.88. The van der Waals surface area contributed by atoms with Crippen molar-refractivity contribution in [3.63, 3.8) is 0 Å². The predicted octanol–water partition coefficient (Wildman–Crippen LogP) is 3.44. The van der Waals surface area contributed by atoms with Gasteiger partial charge < -0.3 is 0 Å². The average Bonchev–Trinajstić information content (AvgIpc) is 2.78. The molecule has 1 unspecified atom stereocenters. The molecule has 2 aromatic rings. The van der Waals surface area contributed by atoms with E-state index in [1.54, 1.807) is 16.4 Å². The van der Waals surface area contributed by atoms with Gasteiger partial charge in [0.2, 0.25) is 0 Å². The molecule has 0 spiro atoms. The molecular formula is C17H19NO2S. The maximum atomic E-state index is 13.0. The third-order valence-electron chi connectivity index (χ3n) is 4.18. The molecular weight excluding hydrogens is 282 g/mol. The van der Waals surface area contributed by atoms with Crippen LogP contribution in [0.5, 0.6) is 0 Å². The Bertz CT molecular complexity index is 796. The molecule has 0 N–H and O–H groups in total. The molecule has 4 heteroatoms. The first-order chi connectivity index (χ1) is 9.91. The summed E-state index contributed by atoms with van der Waals surface area (Å²) in [6.07, 6.45) is 0.764. The first-order valence-corrected chi connectivity index (χ1v) is 8.55. The van der Waals surface area contributed by atoms with E-state index < -0.39 is 10.0 Å². The van der Waals surface area contributed by atoms with Crippen molar-refractivity contribution in [2.45, 2.75) is 38.1 Å². The minimum absolute atomic E-state index is 0.0472. The van der Waals surface area contributed by atoms with E-state index in [9.17, 15) is 8.42 Å². The summed E-state index contributed by atoms with van der Waals surface area (Å²) >= 11 is 0. The van der Waals surface area contributed by atoms with Crippen LogP contribution in [0.15, 0.2) is 47.4 Å². The molecule has 3 rings (SSSR count). The lowest BCUT2D eigenvalue weighted by Gasteiger charge is -2.24. The highest BCUT2D eigenvalue weighted by Gasteiger charge is 2.35. The number of rotatable bonds is 2. The molecule has 1 aliphatic rings. The molecule has 1 atom stereocenters. The Balaban J connectivity index is 2.12. The molecule has 110 valence electrons. The van der Waals surface area contributed by atoms with E-state index >= 15 is 0 Å². The molecule has 3 nitrogen and oxygen atoms in total. The summed E-state index contributed by atoms with van der Waals surface area (Å²) in [5.41, 5.74) is 4.00. The van der Waals surface area contributed by atoms with Crippen LogP contribution in [0.2, 0.25) is 0 Å². The number of sulfonamides is 1. The van der Waals surface area contributed by atoms with E-state index in [0.717, 1.165) is 28.8 Å². The number of hydrogen-bond donors (Lipinski definition) is 0. The number of benzene rings is 2. The van der Waals surface area contributed by atoms with E-state index in [0.29, 0.717) is 4.90 Å². The molecule has 1 heterocycles. The Morgan fingerprint density at radius 3 is 2.48 bits per heavy atom. The van der Waals surface area contributed by atoms with Gasteiger partial charge in [-0.25, -0.2) is 8.42 Å². The molecule has 0 radical (unpaired) electrons. The second-order valence-corrected chi connectivity index (χ2v) is 7.54. The lowest BCUT2D eigenvalue weighted by atomic mass is 10.1. The molecule has 2 aromatic carbocycles. The van der Waals surface area contributed by atoms with Gasteiger partial charge >= 0.3 is 0 Å². The van der Waals surface area contributed by atoms with Gasteiger partial charge in [-0.15, -0.1) is 0 Å². The van der Waals surface area contributed by atoms with Gasteiger partial charge in [-0.2, -0.15) is 0 Å². The number of fused-ring (bicyclic) bond motifs is 1. The Kier molecular flexibility index (Phi) is 3.29. The SMILES string of the molecule is Cc1ccc(S(=O)(=O)N2c3ccccc3CC2C)cc1C. The van der Waals surface area contributed by atoms with Gasteiger partial charge in [0.1, 0.15) is 0 Å². The Morgan fingerprint density at radius 1 is 1.05 bits per heavy atom. The predicted molar refractivity (Wildman–Crippen MR) is 85.2 cm³/mol. The lowest BCUT2D eigenvalue weighted by Crippen LogP contribution is -2.35. The summed E-state index contributed by atoms with van der Waals surface area (Å²) in [7, 11) is -3.51. The number of hydrogen-bond acceptors (Lipinski definition) is 2. The van der Waals surface area contributed by atoms with Crippen molar-refractivity contribution in [3.05, 3.63) is 59.2 Å². The van der Waals surface area contributed by atoms with Crippen molar-refractivity contribution in [1.82, 2.24) is 0 Å². The van der Waals surface area contributed by atoms with Crippen molar-refractivity contribution < 1.29 is 8.42 Å². The summed E-state index contributed by atoms with van der Waals surface area (Å²) in [4.78, 5) is 0.370. The number of aryl methyl sites for hydroxylation is 2. The minimum atomic E-state index is -3.51. The first kappa shape index (κ1) is 14.1. The number of nitrogens with zero attached hydrogens (tertiary/aromatic N) is 1. The molecule has 0 amide bonds. The molecule has 0 aliphatic carbocycles. The maximum absolute atomic E-state index is 13.0. The smallest absolute Gasteiger partial charge is 0.263 e. The minimum Gasteiger partial charge on any atom is -0.263 e. The highest BCUT2D eigenvalue weighted by molar-refractivity contribution is 7.92. The third kappa shape index (κ3) is 2.23. The van der Waals surface area contributed by atoms with Gasteiger partial charge in [-0.1, -0.05) is 24.3 Å². The molecule has 0 saturated carbocycles. The highest BCUT2D eigenvalue weighted by Crippen LogP contribution is 2.36. The molecule has 0 saturated heterocycles. The third-order valence-corrected chi connectivity index (χ3v) is 6.10. The van der Waals surface area contributed by atoms with Crippen molar-refractivity contribution in [2.75, 3.05) is 4.31 Å². The van der Waals surface area contributed by atoms with E-state index in [4.69, 9.17) is 0 Å². The number of anilines is 1. The van der Waals surface area contributed by atoms with Crippen LogP contribution in [0.1, 0.15) is 23.6 Å². The molecule has 0 aromatic heterocycles. The lowest BCUT2D eigenvalue weighted by molar-refractivity contribution is 0.584. The zero-order valence-electron chi connectivity index (χ0n) is 12.5. The highest BCUT2D eigenvalue weighted by atomic mass is 32.2. The first-order valence-electron chi connectivity index (χ1n) is 7.11. The quantitative estimate of drug-likeness (QED) is 0.852. The molecule has 1 aliphatic heterocycles. The van der Waals surface area contributed by atoms with Gasteiger partial charge in [0.15, 0.2) is 0 Å². The number of para-hydroxylation sites is 1. The molecule has 0 fully saturated rings. The van der Waals surface area contributed by atoms with Crippen LogP contribution < -0.4 is 4.31 Å². The Hall–Kier alpha value is -1.81. The van der Waals surface area contributed by atoms with Gasteiger partial charge in [-0.05, 0) is 62.1 Å². The zero-order chi connectivity index (χ0) is 15.2. The van der Waals surface area contributed by atoms with E-state index in [-0.39, 0.29) is 6.04 Å². The van der Waals surface area contributed by atoms with Crippen LogP contribution in [0, 0.1) is 13.8 Å². The van der Waals surface area contributed by atoms with Gasteiger partial charge in [0.05, 0.1) is 10.6 Å². The average molecular weight is 301 g/mol.